The summed E-state index contributed by atoms with van der Waals surface area (Å²) in [6.45, 7) is 12.7. The van der Waals surface area contributed by atoms with E-state index in [9.17, 15) is 0 Å². The maximum Gasteiger partial charge on any atom is 0.191 e. The smallest absolute Gasteiger partial charge is 0.191 e. The van der Waals surface area contributed by atoms with E-state index < -0.39 is 0 Å². The van der Waals surface area contributed by atoms with E-state index in [2.05, 4.69) is 60.6 Å². The van der Waals surface area contributed by atoms with Crippen molar-refractivity contribution in [3.8, 4) is 0 Å². The second-order valence-corrected chi connectivity index (χ2v) is 7.31. The van der Waals surface area contributed by atoms with Crippen LogP contribution in [0.1, 0.15) is 58.2 Å². The van der Waals surface area contributed by atoms with Crippen LogP contribution in [0.4, 0.5) is 0 Å². The predicted molar refractivity (Wildman–Crippen MR) is 93.1 cm³/mol. The zero-order chi connectivity index (χ0) is 15.9. The van der Waals surface area contributed by atoms with Crippen LogP contribution in [0.3, 0.4) is 0 Å². The van der Waals surface area contributed by atoms with E-state index in [-0.39, 0.29) is 5.41 Å². The quantitative estimate of drug-likeness (QED) is 0.624. The standard InChI is InChI=1S/C16H30N4S/c1-7-12(8-2)9-18-15(17-6)19-10-14-20-13(11-21-14)16(3,4)5/h11-12H,7-10H2,1-6H3,(H2,17,18,19). The Morgan fingerprint density at radius 3 is 2.43 bits per heavy atom. The summed E-state index contributed by atoms with van der Waals surface area (Å²) >= 11 is 1.71. The van der Waals surface area contributed by atoms with Crippen LogP contribution in [0.5, 0.6) is 0 Å². The van der Waals surface area contributed by atoms with Gasteiger partial charge in [0.2, 0.25) is 0 Å². The van der Waals surface area contributed by atoms with Gasteiger partial charge in [0.15, 0.2) is 5.96 Å². The van der Waals surface area contributed by atoms with E-state index >= 15 is 0 Å². The van der Waals surface area contributed by atoms with Crippen molar-refractivity contribution in [3.63, 3.8) is 0 Å². The van der Waals surface area contributed by atoms with E-state index in [0.29, 0.717) is 5.92 Å². The number of nitrogens with zero attached hydrogens (tertiary/aromatic N) is 2. The Bertz CT molecular complexity index is 441. The van der Waals surface area contributed by atoms with Gasteiger partial charge < -0.3 is 10.6 Å². The lowest BCUT2D eigenvalue weighted by molar-refractivity contribution is 0.481. The SMILES string of the molecule is CCC(CC)CNC(=NC)NCc1nc(C(C)(C)C)cs1. The average molecular weight is 311 g/mol. The maximum absolute atomic E-state index is 4.69. The highest BCUT2D eigenvalue weighted by atomic mass is 32.1. The molecule has 1 aromatic rings. The van der Waals surface area contributed by atoms with Gasteiger partial charge in [0.1, 0.15) is 5.01 Å². The molecule has 120 valence electrons. The van der Waals surface area contributed by atoms with Crippen molar-refractivity contribution < 1.29 is 0 Å². The highest BCUT2D eigenvalue weighted by Crippen LogP contribution is 2.23. The van der Waals surface area contributed by atoms with E-state index in [0.717, 1.165) is 29.8 Å². The number of hydrogen-bond acceptors (Lipinski definition) is 3. The fraction of sp³-hybridized carbons (Fsp3) is 0.750. The Hall–Kier alpha value is -1.10. The van der Waals surface area contributed by atoms with Crippen LogP contribution in [-0.4, -0.2) is 24.5 Å². The predicted octanol–water partition coefficient (Wildman–Crippen LogP) is 3.54. The lowest BCUT2D eigenvalue weighted by atomic mass is 9.93. The van der Waals surface area contributed by atoms with Crippen molar-refractivity contribution >= 4 is 17.3 Å². The van der Waals surface area contributed by atoms with Crippen molar-refractivity contribution in [2.45, 2.75) is 59.4 Å². The molecule has 0 fully saturated rings. The minimum atomic E-state index is 0.115. The minimum Gasteiger partial charge on any atom is -0.356 e. The van der Waals surface area contributed by atoms with Gasteiger partial charge in [-0.05, 0) is 5.92 Å². The van der Waals surface area contributed by atoms with Crippen molar-refractivity contribution in [1.82, 2.24) is 15.6 Å². The largest absolute Gasteiger partial charge is 0.356 e. The summed E-state index contributed by atoms with van der Waals surface area (Å²) in [7, 11) is 1.81. The molecule has 0 aromatic carbocycles. The first-order chi connectivity index (χ1) is 9.90. The summed E-state index contributed by atoms with van der Waals surface area (Å²) in [5.41, 5.74) is 1.27. The molecule has 0 saturated heterocycles. The number of hydrogen-bond donors (Lipinski definition) is 2. The van der Waals surface area contributed by atoms with Crippen LogP contribution in [0.25, 0.3) is 0 Å². The third-order valence-corrected chi connectivity index (χ3v) is 4.51. The van der Waals surface area contributed by atoms with Crippen LogP contribution >= 0.6 is 11.3 Å². The van der Waals surface area contributed by atoms with E-state index in [1.807, 2.05) is 7.05 Å². The second kappa shape index (κ2) is 8.37. The first-order valence-corrected chi connectivity index (χ1v) is 8.68. The number of aromatic nitrogens is 1. The first-order valence-electron chi connectivity index (χ1n) is 7.80. The summed E-state index contributed by atoms with van der Waals surface area (Å²) in [6.07, 6.45) is 2.39. The van der Waals surface area contributed by atoms with Gasteiger partial charge in [-0.15, -0.1) is 11.3 Å². The van der Waals surface area contributed by atoms with E-state index in [1.54, 1.807) is 11.3 Å². The Morgan fingerprint density at radius 2 is 1.95 bits per heavy atom. The fourth-order valence-electron chi connectivity index (χ4n) is 1.93. The lowest BCUT2D eigenvalue weighted by Crippen LogP contribution is -2.39. The molecule has 1 heterocycles. The lowest BCUT2D eigenvalue weighted by Gasteiger charge is -2.16. The molecule has 21 heavy (non-hydrogen) atoms. The molecule has 0 spiro atoms. The van der Waals surface area contributed by atoms with Gasteiger partial charge in [-0.2, -0.15) is 0 Å². The van der Waals surface area contributed by atoms with Gasteiger partial charge in [-0.1, -0.05) is 47.5 Å². The average Bonchev–Trinajstić information content (AvgIpc) is 2.92. The molecule has 4 nitrogen and oxygen atoms in total. The third kappa shape index (κ3) is 6.04. The summed E-state index contributed by atoms with van der Waals surface area (Å²) in [5, 5.41) is 9.99. The van der Waals surface area contributed by atoms with Crippen molar-refractivity contribution in [3.05, 3.63) is 16.1 Å². The number of nitrogens with one attached hydrogen (secondary N) is 2. The third-order valence-electron chi connectivity index (χ3n) is 3.66. The molecule has 0 radical (unpaired) electrons. The van der Waals surface area contributed by atoms with Crippen LogP contribution in [0, 0.1) is 5.92 Å². The molecular weight excluding hydrogens is 280 g/mol. The van der Waals surface area contributed by atoms with Crippen LogP contribution in [0.15, 0.2) is 10.4 Å². The van der Waals surface area contributed by atoms with Gasteiger partial charge >= 0.3 is 0 Å². The molecule has 0 amide bonds. The highest BCUT2D eigenvalue weighted by molar-refractivity contribution is 7.09. The molecule has 0 saturated carbocycles. The molecule has 0 atom stereocenters. The Kier molecular flexibility index (Phi) is 7.15. The number of thiazole rings is 1. The Labute approximate surface area is 133 Å². The molecule has 0 aliphatic carbocycles. The Balaban J connectivity index is 2.47. The summed E-state index contributed by atoms with van der Waals surface area (Å²) in [6, 6.07) is 0. The summed E-state index contributed by atoms with van der Waals surface area (Å²) < 4.78 is 0. The van der Waals surface area contributed by atoms with Gasteiger partial charge in [-0.25, -0.2) is 4.98 Å². The van der Waals surface area contributed by atoms with Gasteiger partial charge in [0.25, 0.3) is 0 Å². The molecule has 0 bridgehead atoms. The molecule has 2 N–H and O–H groups in total. The highest BCUT2D eigenvalue weighted by Gasteiger charge is 2.17. The maximum atomic E-state index is 4.69. The molecule has 1 rings (SSSR count). The van der Waals surface area contributed by atoms with E-state index in [1.165, 1.54) is 12.8 Å². The summed E-state index contributed by atoms with van der Waals surface area (Å²) in [5.74, 6) is 1.56. The number of rotatable bonds is 6. The Morgan fingerprint density at radius 1 is 1.29 bits per heavy atom. The minimum absolute atomic E-state index is 0.115. The number of guanidine groups is 1. The molecule has 0 aliphatic heterocycles. The second-order valence-electron chi connectivity index (χ2n) is 6.37. The fourth-order valence-corrected chi connectivity index (χ4v) is 2.90. The zero-order valence-corrected chi connectivity index (χ0v) is 15.1. The first kappa shape index (κ1) is 18.0. The van der Waals surface area contributed by atoms with Gasteiger partial charge in [0.05, 0.1) is 12.2 Å². The van der Waals surface area contributed by atoms with Crippen LogP contribution < -0.4 is 10.6 Å². The van der Waals surface area contributed by atoms with Gasteiger partial charge in [-0.3, -0.25) is 4.99 Å². The van der Waals surface area contributed by atoms with Crippen molar-refractivity contribution in [2.75, 3.05) is 13.6 Å². The van der Waals surface area contributed by atoms with Crippen LogP contribution in [-0.2, 0) is 12.0 Å². The van der Waals surface area contributed by atoms with Gasteiger partial charge in [0, 0.05) is 24.4 Å². The monoisotopic (exact) mass is 310 g/mol. The number of aliphatic imine (C=N–C) groups is 1. The molecule has 5 heteroatoms. The van der Waals surface area contributed by atoms with Crippen LogP contribution in [0.2, 0.25) is 0 Å². The van der Waals surface area contributed by atoms with Crippen molar-refractivity contribution in [1.29, 1.82) is 0 Å². The molecule has 1 aromatic heterocycles. The summed E-state index contributed by atoms with van der Waals surface area (Å²) in [4.78, 5) is 8.96. The molecular formula is C16H30N4S. The molecule has 0 aliphatic rings. The van der Waals surface area contributed by atoms with Crippen molar-refractivity contribution in [2.24, 2.45) is 10.9 Å². The normalized spacial score (nSPS) is 12.8. The zero-order valence-electron chi connectivity index (χ0n) is 14.3. The molecule has 0 unspecified atom stereocenters. The van der Waals surface area contributed by atoms with E-state index in [4.69, 9.17) is 0 Å². The topological polar surface area (TPSA) is 49.3 Å².